The molecule has 90 valence electrons. The van der Waals surface area contributed by atoms with E-state index in [0.29, 0.717) is 6.54 Å². The van der Waals surface area contributed by atoms with Gasteiger partial charge in [0.25, 0.3) is 0 Å². The van der Waals surface area contributed by atoms with Crippen molar-refractivity contribution < 1.29 is 4.79 Å². The molecule has 0 bridgehead atoms. The highest BCUT2D eigenvalue weighted by atomic mass is 32.1. The molecule has 2 aromatic heterocycles. The average Bonchev–Trinajstić information content (AvgIpc) is 2.79. The van der Waals surface area contributed by atoms with Gasteiger partial charge in [-0.25, -0.2) is 0 Å². The average molecular weight is 250 g/mol. The fourth-order valence-corrected chi connectivity index (χ4v) is 2.83. The van der Waals surface area contributed by atoms with E-state index in [1.54, 1.807) is 17.7 Å². The van der Waals surface area contributed by atoms with Gasteiger partial charge in [0, 0.05) is 30.0 Å². The molecule has 17 heavy (non-hydrogen) atoms. The predicted molar refractivity (Wildman–Crippen MR) is 64.9 cm³/mol. The maximum absolute atomic E-state index is 11.6. The third-order valence-electron chi connectivity index (χ3n) is 3.28. The van der Waals surface area contributed by atoms with Crippen molar-refractivity contribution in [3.05, 3.63) is 17.4 Å². The molecule has 0 aromatic carbocycles. The number of hydrogen-bond donors (Lipinski definition) is 1. The maximum Gasteiger partial charge on any atom is 0.223 e. The van der Waals surface area contributed by atoms with Crippen molar-refractivity contribution in [2.75, 3.05) is 6.54 Å². The van der Waals surface area contributed by atoms with Gasteiger partial charge in [0.1, 0.15) is 6.33 Å². The summed E-state index contributed by atoms with van der Waals surface area (Å²) in [5.41, 5.74) is 1.16. The Morgan fingerprint density at radius 1 is 1.59 bits per heavy atom. The molecule has 1 amide bonds. The number of aromatic nitrogens is 3. The number of fused-ring (bicyclic) bond motifs is 1. The van der Waals surface area contributed by atoms with E-state index in [0.717, 1.165) is 29.9 Å². The van der Waals surface area contributed by atoms with Gasteiger partial charge in [0.2, 0.25) is 10.9 Å². The molecule has 2 heterocycles. The minimum Gasteiger partial charge on any atom is -0.355 e. The predicted octanol–water partition coefficient (Wildman–Crippen LogP) is 1.25. The zero-order chi connectivity index (χ0) is 11.7. The van der Waals surface area contributed by atoms with Crippen LogP contribution in [0.4, 0.5) is 0 Å². The molecule has 3 rings (SSSR count). The van der Waals surface area contributed by atoms with Crippen molar-refractivity contribution in [3.8, 4) is 0 Å². The number of amides is 1. The van der Waals surface area contributed by atoms with Crippen LogP contribution in [0.15, 0.2) is 11.7 Å². The Morgan fingerprint density at radius 2 is 2.47 bits per heavy atom. The Labute approximate surface area is 103 Å². The van der Waals surface area contributed by atoms with Gasteiger partial charge in [-0.1, -0.05) is 6.42 Å². The molecule has 0 unspecified atom stereocenters. The molecule has 6 heteroatoms. The van der Waals surface area contributed by atoms with Crippen LogP contribution < -0.4 is 5.32 Å². The van der Waals surface area contributed by atoms with Crippen LogP contribution in [0.5, 0.6) is 0 Å². The Bertz CT molecular complexity index is 528. The van der Waals surface area contributed by atoms with Gasteiger partial charge in [-0.05, 0) is 12.8 Å². The molecule has 5 nitrogen and oxygen atoms in total. The summed E-state index contributed by atoms with van der Waals surface area (Å²) in [5, 5.41) is 12.9. The van der Waals surface area contributed by atoms with Crippen LogP contribution in [0, 0.1) is 5.92 Å². The first kappa shape index (κ1) is 10.7. The molecule has 0 aliphatic heterocycles. The van der Waals surface area contributed by atoms with Crippen LogP contribution in [-0.2, 0) is 11.2 Å². The third kappa shape index (κ3) is 2.04. The lowest BCUT2D eigenvalue weighted by atomic mass is 9.85. The molecule has 1 saturated carbocycles. The van der Waals surface area contributed by atoms with Crippen LogP contribution in [0.2, 0.25) is 0 Å². The molecule has 0 radical (unpaired) electrons. The second-order valence-electron chi connectivity index (χ2n) is 4.38. The summed E-state index contributed by atoms with van der Waals surface area (Å²) in [4.78, 5) is 12.5. The van der Waals surface area contributed by atoms with Crippen molar-refractivity contribution in [1.82, 2.24) is 19.9 Å². The topological polar surface area (TPSA) is 59.3 Å². The summed E-state index contributed by atoms with van der Waals surface area (Å²) >= 11 is 1.58. The quantitative estimate of drug-likeness (QED) is 0.888. The van der Waals surface area contributed by atoms with Crippen LogP contribution in [0.3, 0.4) is 0 Å². The standard InChI is InChI=1S/C11H14N4OS/c16-10(8-2-1-3-8)12-5-4-9-6-17-11-14-13-7-15(9)11/h6-8H,1-5H2,(H,12,16). The van der Waals surface area contributed by atoms with E-state index in [-0.39, 0.29) is 11.8 Å². The first-order valence-electron chi connectivity index (χ1n) is 5.88. The number of thiazole rings is 1. The highest BCUT2D eigenvalue weighted by Crippen LogP contribution is 2.26. The van der Waals surface area contributed by atoms with Gasteiger partial charge in [-0.2, -0.15) is 0 Å². The zero-order valence-electron chi connectivity index (χ0n) is 9.43. The molecule has 1 aliphatic carbocycles. The van der Waals surface area contributed by atoms with Crippen molar-refractivity contribution in [2.45, 2.75) is 25.7 Å². The Balaban J connectivity index is 1.54. The van der Waals surface area contributed by atoms with E-state index >= 15 is 0 Å². The van der Waals surface area contributed by atoms with Crippen molar-refractivity contribution in [3.63, 3.8) is 0 Å². The van der Waals surface area contributed by atoms with Gasteiger partial charge in [0.15, 0.2) is 0 Å². The lowest BCUT2D eigenvalue weighted by Crippen LogP contribution is -2.35. The maximum atomic E-state index is 11.6. The SMILES string of the molecule is O=C(NCCc1csc2nncn12)C1CCC1. The molecular formula is C11H14N4OS. The summed E-state index contributed by atoms with van der Waals surface area (Å²) in [5.74, 6) is 0.485. The highest BCUT2D eigenvalue weighted by molar-refractivity contribution is 7.15. The minimum absolute atomic E-state index is 0.214. The first-order valence-corrected chi connectivity index (χ1v) is 6.76. The number of rotatable bonds is 4. The lowest BCUT2D eigenvalue weighted by molar-refractivity contribution is -0.127. The van der Waals surface area contributed by atoms with Gasteiger partial charge in [-0.15, -0.1) is 21.5 Å². The molecular weight excluding hydrogens is 236 g/mol. The molecule has 1 N–H and O–H groups in total. The Morgan fingerprint density at radius 3 is 3.24 bits per heavy atom. The molecule has 0 spiro atoms. The summed E-state index contributed by atoms with van der Waals surface area (Å²) in [6.45, 7) is 0.694. The molecule has 2 aromatic rings. The monoisotopic (exact) mass is 250 g/mol. The van der Waals surface area contributed by atoms with Gasteiger partial charge in [0.05, 0.1) is 0 Å². The summed E-state index contributed by atoms with van der Waals surface area (Å²) in [7, 11) is 0. The lowest BCUT2D eigenvalue weighted by Gasteiger charge is -2.23. The molecule has 0 saturated heterocycles. The summed E-state index contributed by atoms with van der Waals surface area (Å²) < 4.78 is 1.97. The van der Waals surface area contributed by atoms with E-state index < -0.39 is 0 Å². The van der Waals surface area contributed by atoms with Crippen LogP contribution in [0.25, 0.3) is 4.96 Å². The molecule has 1 aliphatic rings. The summed E-state index contributed by atoms with van der Waals surface area (Å²) in [6.07, 6.45) is 5.86. The van der Waals surface area contributed by atoms with E-state index in [9.17, 15) is 4.79 Å². The van der Waals surface area contributed by atoms with Crippen molar-refractivity contribution >= 4 is 22.2 Å². The van der Waals surface area contributed by atoms with Gasteiger partial charge < -0.3 is 5.32 Å². The van der Waals surface area contributed by atoms with E-state index in [1.165, 1.54) is 6.42 Å². The van der Waals surface area contributed by atoms with Crippen LogP contribution in [0.1, 0.15) is 25.0 Å². The highest BCUT2D eigenvalue weighted by Gasteiger charge is 2.24. The smallest absolute Gasteiger partial charge is 0.223 e. The zero-order valence-corrected chi connectivity index (χ0v) is 10.2. The Hall–Kier alpha value is -1.43. The molecule has 0 atom stereocenters. The fraction of sp³-hybridized carbons (Fsp3) is 0.545. The first-order chi connectivity index (χ1) is 8.34. The van der Waals surface area contributed by atoms with Gasteiger partial charge in [-0.3, -0.25) is 9.20 Å². The number of nitrogens with one attached hydrogen (secondary N) is 1. The normalized spacial score (nSPS) is 16.0. The third-order valence-corrected chi connectivity index (χ3v) is 4.16. The van der Waals surface area contributed by atoms with E-state index in [2.05, 4.69) is 20.9 Å². The fourth-order valence-electron chi connectivity index (χ4n) is 1.99. The van der Waals surface area contributed by atoms with Crippen molar-refractivity contribution in [1.29, 1.82) is 0 Å². The second kappa shape index (κ2) is 4.44. The van der Waals surface area contributed by atoms with Gasteiger partial charge >= 0.3 is 0 Å². The number of nitrogens with zero attached hydrogens (tertiary/aromatic N) is 3. The Kier molecular flexibility index (Phi) is 2.80. The van der Waals surface area contributed by atoms with Crippen molar-refractivity contribution in [2.24, 2.45) is 5.92 Å². The van der Waals surface area contributed by atoms with Crippen LogP contribution >= 0.6 is 11.3 Å². The second-order valence-corrected chi connectivity index (χ2v) is 5.22. The largest absolute Gasteiger partial charge is 0.355 e. The number of hydrogen-bond acceptors (Lipinski definition) is 4. The van der Waals surface area contributed by atoms with E-state index in [1.807, 2.05) is 4.40 Å². The number of carbonyl (C=O) groups excluding carboxylic acids is 1. The summed E-state index contributed by atoms with van der Waals surface area (Å²) in [6, 6.07) is 0. The van der Waals surface area contributed by atoms with E-state index in [4.69, 9.17) is 0 Å². The van der Waals surface area contributed by atoms with Crippen LogP contribution in [-0.4, -0.2) is 27.0 Å². The molecule has 1 fully saturated rings. The minimum atomic E-state index is 0.214. The number of carbonyl (C=O) groups is 1.